The molecule has 170 valence electrons. The Morgan fingerprint density at radius 1 is 0.818 bits per heavy atom. The smallest absolute Gasteiger partial charge is 0.194 e. The molecule has 0 unspecified atom stereocenters. The van der Waals surface area contributed by atoms with Crippen LogP contribution >= 0.6 is 0 Å². The molecule has 0 amide bonds. The van der Waals surface area contributed by atoms with Gasteiger partial charge in [-0.05, 0) is 64.9 Å². The van der Waals surface area contributed by atoms with Crippen LogP contribution in [0.15, 0.2) is 66.7 Å². The van der Waals surface area contributed by atoms with Gasteiger partial charge in [0.2, 0.25) is 0 Å². The summed E-state index contributed by atoms with van der Waals surface area (Å²) in [6, 6.07) is 21.9. The third kappa shape index (κ3) is 5.67. The summed E-state index contributed by atoms with van der Waals surface area (Å²) in [5, 5.41) is 15.4. The third-order valence-corrected chi connectivity index (χ3v) is 5.21. The largest absolute Gasteiger partial charge is 0.497 e. The molecule has 0 saturated heterocycles. The van der Waals surface area contributed by atoms with Crippen molar-refractivity contribution in [2.24, 2.45) is 0 Å². The van der Waals surface area contributed by atoms with Gasteiger partial charge in [0.15, 0.2) is 23.9 Å². The molecule has 0 saturated carbocycles. The zero-order valence-corrected chi connectivity index (χ0v) is 19.0. The Bertz CT molecular complexity index is 1170. The number of nitrogens with one attached hydrogen (secondary N) is 1. The summed E-state index contributed by atoms with van der Waals surface area (Å²) >= 11 is 0. The number of tetrazole rings is 1. The first-order chi connectivity index (χ1) is 16.2. The number of hydrogen-bond donors (Lipinski definition) is 1. The van der Waals surface area contributed by atoms with E-state index in [1.165, 1.54) is 11.1 Å². The molecule has 0 radical (unpaired) electrons. The zero-order valence-electron chi connectivity index (χ0n) is 19.0. The number of methoxy groups -OCH3 is 2. The Hall–Kier alpha value is -3.91. The maximum absolute atomic E-state index is 5.99. The molecule has 0 aliphatic rings. The predicted octanol–water partition coefficient (Wildman–Crippen LogP) is 3.86. The fraction of sp³-hybridized carbons (Fsp3) is 0.240. The van der Waals surface area contributed by atoms with Gasteiger partial charge in [0.05, 0.1) is 19.9 Å². The minimum absolute atomic E-state index is 0.215. The van der Waals surface area contributed by atoms with Crippen molar-refractivity contribution in [1.29, 1.82) is 0 Å². The van der Waals surface area contributed by atoms with Gasteiger partial charge < -0.3 is 19.5 Å². The van der Waals surface area contributed by atoms with Crippen molar-refractivity contribution in [3.05, 3.63) is 89.2 Å². The molecule has 0 atom stereocenters. The summed E-state index contributed by atoms with van der Waals surface area (Å²) in [6.07, 6.45) is 0. The lowest BCUT2D eigenvalue weighted by Gasteiger charge is -2.13. The molecular formula is C25H27N5O3. The molecule has 0 fully saturated rings. The number of rotatable bonds is 10. The summed E-state index contributed by atoms with van der Waals surface area (Å²) in [4.78, 5) is 0. The lowest BCUT2D eigenvalue weighted by molar-refractivity contribution is 0.273. The average molecular weight is 446 g/mol. The number of nitrogens with zero attached hydrogens (tertiary/aromatic N) is 4. The van der Waals surface area contributed by atoms with Crippen LogP contribution in [0.3, 0.4) is 0 Å². The minimum Gasteiger partial charge on any atom is -0.497 e. The number of hydrogen-bond acceptors (Lipinski definition) is 7. The molecule has 0 aliphatic carbocycles. The molecule has 8 heteroatoms. The van der Waals surface area contributed by atoms with Crippen LogP contribution in [-0.4, -0.2) is 34.4 Å². The summed E-state index contributed by atoms with van der Waals surface area (Å²) in [6.45, 7) is 3.71. The number of benzene rings is 3. The normalized spacial score (nSPS) is 10.8. The van der Waals surface area contributed by atoms with E-state index in [0.29, 0.717) is 23.9 Å². The van der Waals surface area contributed by atoms with E-state index in [1.807, 2.05) is 73.7 Å². The first-order valence-corrected chi connectivity index (χ1v) is 10.6. The van der Waals surface area contributed by atoms with Gasteiger partial charge in [-0.2, -0.15) is 4.68 Å². The van der Waals surface area contributed by atoms with Crippen molar-refractivity contribution in [2.75, 3.05) is 14.2 Å². The molecule has 4 aromatic rings. The summed E-state index contributed by atoms with van der Waals surface area (Å²) in [5.41, 5.74) is 4.34. The van der Waals surface area contributed by atoms with Crippen LogP contribution in [0.4, 0.5) is 0 Å². The molecule has 8 nitrogen and oxygen atoms in total. The van der Waals surface area contributed by atoms with Gasteiger partial charge in [-0.3, -0.25) is 0 Å². The van der Waals surface area contributed by atoms with E-state index in [0.717, 1.165) is 23.5 Å². The van der Waals surface area contributed by atoms with Crippen LogP contribution in [0.25, 0.3) is 5.69 Å². The van der Waals surface area contributed by atoms with Crippen LogP contribution in [-0.2, 0) is 19.7 Å². The summed E-state index contributed by atoms with van der Waals surface area (Å²) in [7, 11) is 3.30. The van der Waals surface area contributed by atoms with E-state index in [9.17, 15) is 0 Å². The van der Waals surface area contributed by atoms with Crippen molar-refractivity contribution in [3.63, 3.8) is 0 Å². The monoisotopic (exact) mass is 445 g/mol. The van der Waals surface area contributed by atoms with Gasteiger partial charge in [0, 0.05) is 13.1 Å². The Morgan fingerprint density at radius 3 is 2.27 bits per heavy atom. The van der Waals surface area contributed by atoms with Gasteiger partial charge in [0.1, 0.15) is 5.75 Å². The van der Waals surface area contributed by atoms with Gasteiger partial charge in [-0.1, -0.05) is 35.9 Å². The first-order valence-electron chi connectivity index (χ1n) is 10.6. The van der Waals surface area contributed by atoms with E-state index in [2.05, 4.69) is 20.8 Å². The maximum Gasteiger partial charge on any atom is 0.194 e. The second kappa shape index (κ2) is 10.6. The highest BCUT2D eigenvalue weighted by atomic mass is 16.5. The summed E-state index contributed by atoms with van der Waals surface area (Å²) < 4.78 is 18.4. The number of aromatic nitrogens is 4. The van der Waals surface area contributed by atoms with Crippen molar-refractivity contribution < 1.29 is 14.2 Å². The van der Waals surface area contributed by atoms with Crippen molar-refractivity contribution in [3.8, 4) is 22.9 Å². The standard InChI is InChI=1S/C25H27N5O3/c1-18-4-9-21(10-5-18)30-25(27-28-29-30)17-33-23-13-8-20(14-24(23)32-3)16-26-15-19-6-11-22(31-2)12-7-19/h4-14,26H,15-17H2,1-3H3. The second-order valence-electron chi connectivity index (χ2n) is 7.57. The Morgan fingerprint density at radius 2 is 1.55 bits per heavy atom. The lowest BCUT2D eigenvalue weighted by atomic mass is 10.2. The highest BCUT2D eigenvalue weighted by molar-refractivity contribution is 5.43. The molecule has 1 aromatic heterocycles. The fourth-order valence-electron chi connectivity index (χ4n) is 3.36. The fourth-order valence-corrected chi connectivity index (χ4v) is 3.36. The molecule has 0 aliphatic heterocycles. The minimum atomic E-state index is 0.215. The molecular weight excluding hydrogens is 418 g/mol. The Balaban J connectivity index is 1.36. The average Bonchev–Trinajstić information content (AvgIpc) is 3.32. The van der Waals surface area contributed by atoms with Crippen molar-refractivity contribution in [1.82, 2.24) is 25.5 Å². The van der Waals surface area contributed by atoms with Crippen LogP contribution in [0.2, 0.25) is 0 Å². The highest BCUT2D eigenvalue weighted by Crippen LogP contribution is 2.29. The Labute approximate surface area is 193 Å². The molecule has 1 N–H and O–H groups in total. The second-order valence-corrected chi connectivity index (χ2v) is 7.57. The topological polar surface area (TPSA) is 83.3 Å². The van der Waals surface area contributed by atoms with Crippen LogP contribution < -0.4 is 19.5 Å². The van der Waals surface area contributed by atoms with Crippen LogP contribution in [0.5, 0.6) is 17.2 Å². The van der Waals surface area contributed by atoms with Crippen LogP contribution in [0.1, 0.15) is 22.5 Å². The van der Waals surface area contributed by atoms with Crippen molar-refractivity contribution >= 4 is 0 Å². The lowest BCUT2D eigenvalue weighted by Crippen LogP contribution is -2.13. The van der Waals surface area contributed by atoms with Gasteiger partial charge in [-0.25, -0.2) is 0 Å². The highest BCUT2D eigenvalue weighted by Gasteiger charge is 2.12. The van der Waals surface area contributed by atoms with Crippen LogP contribution in [0, 0.1) is 6.92 Å². The number of ether oxygens (including phenoxy) is 3. The molecule has 4 rings (SSSR count). The van der Waals surface area contributed by atoms with Gasteiger partial charge >= 0.3 is 0 Å². The zero-order chi connectivity index (χ0) is 23.0. The SMILES string of the molecule is COc1ccc(CNCc2ccc(OCc3nnnn3-c3ccc(C)cc3)c(OC)c2)cc1. The maximum atomic E-state index is 5.99. The van der Waals surface area contributed by atoms with E-state index >= 15 is 0 Å². The molecule has 3 aromatic carbocycles. The quantitative estimate of drug-likeness (QED) is 0.397. The third-order valence-electron chi connectivity index (χ3n) is 5.21. The van der Waals surface area contributed by atoms with E-state index < -0.39 is 0 Å². The van der Waals surface area contributed by atoms with E-state index in [4.69, 9.17) is 14.2 Å². The number of aryl methyl sites for hydroxylation is 1. The Kier molecular flexibility index (Phi) is 7.16. The van der Waals surface area contributed by atoms with E-state index in [1.54, 1.807) is 18.9 Å². The van der Waals surface area contributed by atoms with Crippen molar-refractivity contribution in [2.45, 2.75) is 26.6 Å². The molecule has 33 heavy (non-hydrogen) atoms. The predicted molar refractivity (Wildman–Crippen MR) is 125 cm³/mol. The molecule has 0 bridgehead atoms. The summed E-state index contributed by atoms with van der Waals surface area (Å²) in [5.74, 6) is 2.75. The van der Waals surface area contributed by atoms with E-state index in [-0.39, 0.29) is 6.61 Å². The molecule has 1 heterocycles. The first kappa shape index (κ1) is 22.3. The van der Waals surface area contributed by atoms with Gasteiger partial charge in [0.25, 0.3) is 0 Å². The van der Waals surface area contributed by atoms with Gasteiger partial charge in [-0.15, -0.1) is 5.10 Å². The molecule has 0 spiro atoms.